The molecule has 2 saturated heterocycles. The molecule has 1 unspecified atom stereocenters. The van der Waals surface area contributed by atoms with Gasteiger partial charge in [0.05, 0.1) is 13.2 Å². The van der Waals surface area contributed by atoms with E-state index in [1.807, 2.05) is 6.92 Å². The van der Waals surface area contributed by atoms with E-state index in [0.717, 1.165) is 25.8 Å². The predicted molar refractivity (Wildman–Crippen MR) is 49.8 cm³/mol. The molecule has 4 nitrogen and oxygen atoms in total. The lowest BCUT2D eigenvalue weighted by atomic mass is 10.2. The first-order valence-corrected chi connectivity index (χ1v) is 6.35. The van der Waals surface area contributed by atoms with Crippen LogP contribution in [-0.2, 0) is 13.6 Å². The summed E-state index contributed by atoms with van der Waals surface area (Å²) in [7, 11) is -2.88. The third-order valence-electron chi connectivity index (χ3n) is 2.76. The Morgan fingerprint density at radius 1 is 1.31 bits per heavy atom. The SMILES string of the molecule is CC1(P2(=O)OCCCO2)CCCN1. The summed E-state index contributed by atoms with van der Waals surface area (Å²) in [6, 6.07) is 0. The molecule has 2 rings (SSSR count). The van der Waals surface area contributed by atoms with Gasteiger partial charge in [-0.15, -0.1) is 0 Å². The van der Waals surface area contributed by atoms with Crippen molar-refractivity contribution < 1.29 is 13.6 Å². The van der Waals surface area contributed by atoms with E-state index in [1.54, 1.807) is 0 Å². The summed E-state index contributed by atoms with van der Waals surface area (Å²) in [4.78, 5) is 0. The zero-order valence-corrected chi connectivity index (χ0v) is 8.81. The van der Waals surface area contributed by atoms with Gasteiger partial charge in [-0.25, -0.2) is 0 Å². The van der Waals surface area contributed by atoms with Crippen molar-refractivity contribution in [2.24, 2.45) is 0 Å². The van der Waals surface area contributed by atoms with Crippen LogP contribution in [0.2, 0.25) is 0 Å². The molecule has 0 radical (unpaired) electrons. The minimum Gasteiger partial charge on any atom is -0.307 e. The molecule has 2 aliphatic heterocycles. The smallest absolute Gasteiger partial charge is 0.307 e. The molecule has 13 heavy (non-hydrogen) atoms. The van der Waals surface area contributed by atoms with Crippen molar-refractivity contribution in [3.63, 3.8) is 0 Å². The van der Waals surface area contributed by atoms with Crippen LogP contribution in [0, 0.1) is 0 Å². The van der Waals surface area contributed by atoms with E-state index in [-0.39, 0.29) is 0 Å². The van der Waals surface area contributed by atoms with E-state index in [9.17, 15) is 4.57 Å². The van der Waals surface area contributed by atoms with Crippen molar-refractivity contribution in [3.05, 3.63) is 0 Å². The Kier molecular flexibility index (Phi) is 2.49. The maximum Gasteiger partial charge on any atom is 0.350 e. The highest BCUT2D eigenvalue weighted by Crippen LogP contribution is 2.62. The molecule has 2 heterocycles. The first-order chi connectivity index (χ1) is 6.16. The largest absolute Gasteiger partial charge is 0.350 e. The van der Waals surface area contributed by atoms with Gasteiger partial charge in [-0.1, -0.05) is 0 Å². The van der Waals surface area contributed by atoms with Gasteiger partial charge in [-0.05, 0) is 32.7 Å². The molecule has 0 aliphatic carbocycles. The van der Waals surface area contributed by atoms with Crippen LogP contribution in [0.25, 0.3) is 0 Å². The lowest BCUT2D eigenvalue weighted by Gasteiger charge is -2.35. The van der Waals surface area contributed by atoms with Gasteiger partial charge in [0.2, 0.25) is 0 Å². The molecule has 0 aromatic rings. The minimum absolute atomic E-state index is 0.437. The fourth-order valence-corrected chi connectivity index (χ4v) is 3.98. The van der Waals surface area contributed by atoms with Crippen molar-refractivity contribution >= 4 is 7.60 Å². The monoisotopic (exact) mass is 205 g/mol. The second kappa shape index (κ2) is 3.35. The molecule has 1 atom stereocenters. The third-order valence-corrected chi connectivity index (χ3v) is 5.40. The predicted octanol–water partition coefficient (Wildman–Crippen LogP) is 1.72. The average molecular weight is 205 g/mol. The Morgan fingerprint density at radius 3 is 2.54 bits per heavy atom. The van der Waals surface area contributed by atoms with E-state index in [1.165, 1.54) is 0 Å². The van der Waals surface area contributed by atoms with Gasteiger partial charge in [0.1, 0.15) is 5.28 Å². The molecular formula is C8H16NO3P. The first-order valence-electron chi connectivity index (χ1n) is 4.81. The summed E-state index contributed by atoms with van der Waals surface area (Å²) in [5.41, 5.74) is 0. The zero-order valence-electron chi connectivity index (χ0n) is 7.91. The van der Waals surface area contributed by atoms with Gasteiger partial charge in [0.15, 0.2) is 0 Å². The van der Waals surface area contributed by atoms with Gasteiger partial charge in [0.25, 0.3) is 0 Å². The Labute approximate surface area is 78.5 Å². The lowest BCUT2D eigenvalue weighted by Crippen LogP contribution is -2.38. The molecule has 0 saturated carbocycles. The van der Waals surface area contributed by atoms with Crippen LogP contribution in [0.1, 0.15) is 26.2 Å². The molecular weight excluding hydrogens is 189 g/mol. The molecule has 0 bridgehead atoms. The maximum atomic E-state index is 12.3. The van der Waals surface area contributed by atoms with Crippen LogP contribution in [0.3, 0.4) is 0 Å². The summed E-state index contributed by atoms with van der Waals surface area (Å²) in [5.74, 6) is 0. The summed E-state index contributed by atoms with van der Waals surface area (Å²) in [5, 5.41) is 2.79. The molecule has 0 spiro atoms. The van der Waals surface area contributed by atoms with Gasteiger partial charge >= 0.3 is 7.60 Å². The molecule has 0 aromatic heterocycles. The fraction of sp³-hybridized carbons (Fsp3) is 1.00. The highest BCUT2D eigenvalue weighted by Gasteiger charge is 2.49. The highest BCUT2D eigenvalue weighted by atomic mass is 31.2. The van der Waals surface area contributed by atoms with Crippen molar-refractivity contribution in [1.29, 1.82) is 0 Å². The molecule has 5 heteroatoms. The van der Waals surface area contributed by atoms with E-state index in [2.05, 4.69) is 5.32 Å². The highest BCUT2D eigenvalue weighted by molar-refractivity contribution is 7.55. The Balaban J connectivity index is 2.16. The summed E-state index contributed by atoms with van der Waals surface area (Å²) in [6.45, 7) is 3.97. The van der Waals surface area contributed by atoms with Crippen LogP contribution in [0.4, 0.5) is 0 Å². The quantitative estimate of drug-likeness (QED) is 0.662. The second-order valence-electron chi connectivity index (χ2n) is 3.82. The van der Waals surface area contributed by atoms with Gasteiger partial charge in [-0.3, -0.25) is 4.57 Å². The van der Waals surface area contributed by atoms with Crippen LogP contribution in [0.5, 0.6) is 0 Å². The van der Waals surface area contributed by atoms with Crippen LogP contribution in [-0.4, -0.2) is 25.0 Å². The summed E-state index contributed by atoms with van der Waals surface area (Å²) in [6.07, 6.45) is 2.78. The average Bonchev–Trinajstić information content (AvgIpc) is 2.55. The molecule has 1 N–H and O–H groups in total. The fourth-order valence-electron chi connectivity index (χ4n) is 1.86. The van der Waals surface area contributed by atoms with Crippen molar-refractivity contribution in [2.75, 3.05) is 19.8 Å². The Hall–Kier alpha value is 0.110. The normalized spacial score (nSPS) is 39.2. The minimum atomic E-state index is -2.88. The van der Waals surface area contributed by atoms with E-state index in [0.29, 0.717) is 13.2 Å². The van der Waals surface area contributed by atoms with Crippen molar-refractivity contribution in [2.45, 2.75) is 31.5 Å². The standard InChI is InChI=1S/C8H16NO3P/c1-8(4-2-5-9-8)13(10)11-6-3-7-12-13/h9H,2-7H2,1H3. The van der Waals surface area contributed by atoms with Gasteiger partial charge < -0.3 is 14.4 Å². The first kappa shape index (κ1) is 9.66. The van der Waals surface area contributed by atoms with Crippen molar-refractivity contribution in [3.8, 4) is 0 Å². The molecule has 0 amide bonds. The number of rotatable bonds is 1. The van der Waals surface area contributed by atoms with Crippen molar-refractivity contribution in [1.82, 2.24) is 5.32 Å². The number of hydrogen-bond donors (Lipinski definition) is 1. The zero-order chi connectivity index (χ0) is 9.36. The molecule has 0 aromatic carbocycles. The van der Waals surface area contributed by atoms with Gasteiger partial charge in [0, 0.05) is 0 Å². The van der Waals surface area contributed by atoms with E-state index in [4.69, 9.17) is 9.05 Å². The number of hydrogen-bond acceptors (Lipinski definition) is 4. The molecule has 76 valence electrons. The Morgan fingerprint density at radius 2 is 2.00 bits per heavy atom. The molecule has 2 aliphatic rings. The van der Waals surface area contributed by atoms with Crippen LogP contribution >= 0.6 is 7.60 Å². The van der Waals surface area contributed by atoms with Crippen LogP contribution in [0.15, 0.2) is 0 Å². The van der Waals surface area contributed by atoms with E-state index < -0.39 is 12.9 Å². The number of nitrogens with one attached hydrogen (secondary N) is 1. The lowest BCUT2D eigenvalue weighted by molar-refractivity contribution is 0.128. The summed E-state index contributed by atoms with van der Waals surface area (Å²) >= 11 is 0. The van der Waals surface area contributed by atoms with Crippen LogP contribution < -0.4 is 5.32 Å². The Bertz CT molecular complexity index is 228. The third kappa shape index (κ3) is 1.57. The second-order valence-corrected chi connectivity index (χ2v) is 6.32. The van der Waals surface area contributed by atoms with E-state index >= 15 is 0 Å². The molecule has 2 fully saturated rings. The van der Waals surface area contributed by atoms with Gasteiger partial charge in [-0.2, -0.15) is 0 Å². The topological polar surface area (TPSA) is 47.6 Å². The summed E-state index contributed by atoms with van der Waals surface area (Å²) < 4.78 is 22.9. The maximum absolute atomic E-state index is 12.3.